The molecule has 3 heterocycles. The number of nitrogens with two attached hydrogens (primary N) is 1. The molecule has 0 unspecified atom stereocenters. The number of carbonyl (C=O) groups is 1. The number of carbonyl (C=O) groups excluding carboxylic acids is 1. The van der Waals surface area contributed by atoms with E-state index in [-0.39, 0.29) is 23.2 Å². The van der Waals surface area contributed by atoms with Gasteiger partial charge in [0.15, 0.2) is 0 Å². The van der Waals surface area contributed by atoms with E-state index in [1.165, 1.54) is 9.47 Å². The lowest BCUT2D eigenvalue weighted by Crippen LogP contribution is -2.36. The molecule has 3 N–H and O–H groups in total. The van der Waals surface area contributed by atoms with Gasteiger partial charge in [0.25, 0.3) is 11.5 Å². The highest BCUT2D eigenvalue weighted by Crippen LogP contribution is 2.33. The van der Waals surface area contributed by atoms with Gasteiger partial charge in [-0.2, -0.15) is 0 Å². The minimum Gasteiger partial charge on any atom is -0.354 e. The maximum absolute atomic E-state index is 13.5. The highest BCUT2D eigenvalue weighted by Gasteiger charge is 2.33. The van der Waals surface area contributed by atoms with Gasteiger partial charge in [0.2, 0.25) is 5.95 Å². The third kappa shape index (κ3) is 4.13. The Labute approximate surface area is 187 Å². The van der Waals surface area contributed by atoms with Crippen molar-refractivity contribution in [1.29, 1.82) is 0 Å². The number of hydrogen-bond acceptors (Lipinski definition) is 6. The van der Waals surface area contributed by atoms with Crippen LogP contribution in [0, 0.1) is 5.92 Å². The summed E-state index contributed by atoms with van der Waals surface area (Å²) in [6.07, 6.45) is 4.14. The highest BCUT2D eigenvalue weighted by atomic mass is 16.2. The third-order valence-electron chi connectivity index (χ3n) is 5.61. The molecule has 0 spiro atoms. The van der Waals surface area contributed by atoms with Crippen LogP contribution >= 0.6 is 0 Å². The zero-order chi connectivity index (χ0) is 22.8. The summed E-state index contributed by atoms with van der Waals surface area (Å²) in [6, 6.07) is 10.9. The summed E-state index contributed by atoms with van der Waals surface area (Å²) in [4.78, 5) is 37.0. The summed E-state index contributed by atoms with van der Waals surface area (Å²) >= 11 is 0. The van der Waals surface area contributed by atoms with Crippen LogP contribution in [-0.4, -0.2) is 33.0 Å². The van der Waals surface area contributed by atoms with Crippen molar-refractivity contribution in [1.82, 2.24) is 14.5 Å². The first-order valence-electron chi connectivity index (χ1n) is 10.8. The number of fused-ring (bicyclic) bond motifs is 1. The van der Waals surface area contributed by atoms with Crippen molar-refractivity contribution >= 4 is 17.5 Å². The van der Waals surface area contributed by atoms with E-state index in [0.29, 0.717) is 41.8 Å². The van der Waals surface area contributed by atoms with Crippen LogP contribution in [0.2, 0.25) is 0 Å². The van der Waals surface area contributed by atoms with E-state index in [9.17, 15) is 9.59 Å². The van der Waals surface area contributed by atoms with Crippen molar-refractivity contribution in [3.8, 4) is 11.3 Å². The monoisotopic (exact) mass is 432 g/mol. The molecule has 0 saturated carbocycles. The number of benzene rings is 1. The number of nitrogens with zero attached hydrogens (tertiary/aromatic N) is 4. The number of nitrogens with one attached hydrogen (secondary N) is 1. The van der Waals surface area contributed by atoms with Crippen LogP contribution in [0.5, 0.6) is 0 Å². The number of hydrogen-bond donors (Lipinski definition) is 2. The topological polar surface area (TPSA) is 106 Å². The summed E-state index contributed by atoms with van der Waals surface area (Å²) in [5, 5.41) is 3.22. The molecular formula is C24H28N6O2. The largest absolute Gasteiger partial charge is 0.354 e. The maximum Gasteiger partial charge on any atom is 0.279 e. The molecule has 32 heavy (non-hydrogen) atoms. The molecule has 0 aliphatic carbocycles. The average molecular weight is 433 g/mol. The number of anilines is 2. The third-order valence-corrected chi connectivity index (χ3v) is 5.61. The van der Waals surface area contributed by atoms with Gasteiger partial charge in [0, 0.05) is 43.2 Å². The van der Waals surface area contributed by atoms with E-state index < -0.39 is 0 Å². The molecular weight excluding hydrogens is 404 g/mol. The Kier molecular flexibility index (Phi) is 6.05. The molecule has 3 aromatic rings. The first-order chi connectivity index (χ1) is 15.4. The number of pyridine rings is 1. The second kappa shape index (κ2) is 8.92. The van der Waals surface area contributed by atoms with Gasteiger partial charge < -0.3 is 11.1 Å². The van der Waals surface area contributed by atoms with E-state index in [0.717, 1.165) is 12.0 Å². The molecule has 0 fully saturated rings. The first kappa shape index (κ1) is 21.7. The predicted octanol–water partition coefficient (Wildman–Crippen LogP) is 2.79. The van der Waals surface area contributed by atoms with Crippen molar-refractivity contribution in [3.63, 3.8) is 0 Å². The Morgan fingerprint density at radius 1 is 1.12 bits per heavy atom. The van der Waals surface area contributed by atoms with Crippen LogP contribution < -0.4 is 21.5 Å². The van der Waals surface area contributed by atoms with Gasteiger partial charge in [-0.15, -0.1) is 0 Å². The fourth-order valence-electron chi connectivity index (χ4n) is 4.05. The number of aromatic nitrogens is 3. The standard InChI is InChI=1S/C24H28N6O2/c1-15(2)12-18(25)13-27-24-28-20(16-8-10-26-11-9-16)21(23(32)29(24)3)30-14-17-6-4-5-7-19(17)22(30)31/h4-11,15,18H,12-14,25H2,1-3H3,(H,27,28)/t18-/m1/s1. The van der Waals surface area contributed by atoms with E-state index in [1.807, 2.05) is 18.2 Å². The first-order valence-corrected chi connectivity index (χ1v) is 10.8. The normalized spacial score (nSPS) is 14.0. The van der Waals surface area contributed by atoms with Crippen LogP contribution in [0.25, 0.3) is 11.3 Å². The fourth-order valence-corrected chi connectivity index (χ4v) is 4.05. The van der Waals surface area contributed by atoms with Gasteiger partial charge in [-0.3, -0.25) is 24.0 Å². The van der Waals surface area contributed by atoms with E-state index >= 15 is 0 Å². The summed E-state index contributed by atoms with van der Waals surface area (Å²) in [6.45, 7) is 5.06. The lowest BCUT2D eigenvalue weighted by Gasteiger charge is -2.22. The van der Waals surface area contributed by atoms with Crippen molar-refractivity contribution in [2.75, 3.05) is 16.8 Å². The highest BCUT2D eigenvalue weighted by molar-refractivity contribution is 6.11. The average Bonchev–Trinajstić information content (AvgIpc) is 3.11. The molecule has 4 rings (SSSR count). The SMILES string of the molecule is CC(C)C[C@@H](N)CNc1nc(-c2ccncc2)c(N2Cc3ccccc3C2=O)c(=O)n1C. The van der Waals surface area contributed by atoms with Crippen molar-refractivity contribution in [3.05, 3.63) is 70.3 Å². The van der Waals surface area contributed by atoms with Gasteiger partial charge in [0.1, 0.15) is 11.4 Å². The lowest BCUT2D eigenvalue weighted by molar-refractivity contribution is 0.0996. The Balaban J connectivity index is 1.78. The lowest BCUT2D eigenvalue weighted by atomic mass is 10.0. The van der Waals surface area contributed by atoms with Crippen LogP contribution in [0.4, 0.5) is 11.6 Å². The molecule has 166 valence electrons. The number of rotatable bonds is 7. The predicted molar refractivity (Wildman–Crippen MR) is 126 cm³/mol. The van der Waals surface area contributed by atoms with E-state index in [2.05, 4.69) is 24.1 Å². The second-order valence-electron chi connectivity index (χ2n) is 8.55. The molecule has 1 atom stereocenters. The molecule has 2 aromatic heterocycles. The van der Waals surface area contributed by atoms with Crippen LogP contribution in [-0.2, 0) is 13.6 Å². The van der Waals surface area contributed by atoms with Crippen LogP contribution in [0.15, 0.2) is 53.6 Å². The quantitative estimate of drug-likeness (QED) is 0.595. The molecule has 1 aliphatic rings. The molecule has 1 amide bonds. The Bertz CT molecular complexity index is 1190. The van der Waals surface area contributed by atoms with Gasteiger partial charge in [-0.1, -0.05) is 32.0 Å². The summed E-state index contributed by atoms with van der Waals surface area (Å²) in [7, 11) is 1.65. The zero-order valence-electron chi connectivity index (χ0n) is 18.6. The van der Waals surface area contributed by atoms with E-state index in [4.69, 9.17) is 10.7 Å². The smallest absolute Gasteiger partial charge is 0.279 e. The summed E-state index contributed by atoms with van der Waals surface area (Å²) < 4.78 is 1.44. The molecule has 1 aliphatic heterocycles. The van der Waals surface area contributed by atoms with Gasteiger partial charge in [-0.05, 0) is 36.1 Å². The Morgan fingerprint density at radius 3 is 2.53 bits per heavy atom. The van der Waals surface area contributed by atoms with Gasteiger partial charge in [0.05, 0.1) is 6.54 Å². The molecule has 8 heteroatoms. The second-order valence-corrected chi connectivity index (χ2v) is 8.55. The minimum absolute atomic E-state index is 0.0642. The molecule has 0 radical (unpaired) electrons. The summed E-state index contributed by atoms with van der Waals surface area (Å²) in [5.74, 6) is 0.685. The summed E-state index contributed by atoms with van der Waals surface area (Å²) in [5.41, 5.74) is 8.83. The van der Waals surface area contributed by atoms with Gasteiger partial charge >= 0.3 is 0 Å². The molecule has 0 saturated heterocycles. The Morgan fingerprint density at radius 2 is 1.84 bits per heavy atom. The fraction of sp³-hybridized carbons (Fsp3) is 0.333. The molecule has 8 nitrogen and oxygen atoms in total. The van der Waals surface area contributed by atoms with Crippen molar-refractivity contribution in [2.45, 2.75) is 32.9 Å². The Hall–Kier alpha value is -3.52. The molecule has 1 aromatic carbocycles. The van der Waals surface area contributed by atoms with Crippen LogP contribution in [0.3, 0.4) is 0 Å². The minimum atomic E-state index is -0.298. The van der Waals surface area contributed by atoms with E-state index in [1.54, 1.807) is 37.6 Å². The van der Waals surface area contributed by atoms with Crippen molar-refractivity contribution in [2.24, 2.45) is 18.7 Å². The van der Waals surface area contributed by atoms with Crippen LogP contribution in [0.1, 0.15) is 36.2 Å². The molecule has 0 bridgehead atoms. The van der Waals surface area contributed by atoms with Gasteiger partial charge in [-0.25, -0.2) is 4.98 Å². The maximum atomic E-state index is 13.5. The zero-order valence-corrected chi connectivity index (χ0v) is 18.6. The van der Waals surface area contributed by atoms with Crippen molar-refractivity contribution < 1.29 is 4.79 Å². The number of amides is 1.